The topological polar surface area (TPSA) is 66.9 Å². The van der Waals surface area contributed by atoms with Gasteiger partial charge in [-0.3, -0.25) is 4.79 Å². The number of anilines is 1. The second-order valence-electron chi connectivity index (χ2n) is 8.43. The predicted molar refractivity (Wildman–Crippen MR) is 126 cm³/mol. The van der Waals surface area contributed by atoms with Crippen molar-refractivity contribution in [3.8, 4) is 11.5 Å². The van der Waals surface area contributed by atoms with Crippen LogP contribution in [0.3, 0.4) is 0 Å². The van der Waals surface area contributed by atoms with Gasteiger partial charge in [-0.05, 0) is 60.7 Å². The van der Waals surface area contributed by atoms with E-state index in [0.717, 1.165) is 18.4 Å². The zero-order valence-corrected chi connectivity index (χ0v) is 20.2. The van der Waals surface area contributed by atoms with Crippen LogP contribution in [0.5, 0.6) is 11.5 Å². The number of benzene rings is 3. The van der Waals surface area contributed by atoms with Gasteiger partial charge in [-0.2, -0.15) is 13.2 Å². The second-order valence-corrected chi connectivity index (χ2v) is 10.4. The van der Waals surface area contributed by atoms with E-state index in [1.165, 1.54) is 52.3 Å². The number of rotatable bonds is 5. The minimum atomic E-state index is -4.67. The van der Waals surface area contributed by atoms with Crippen molar-refractivity contribution in [1.82, 2.24) is 4.90 Å². The molecule has 0 radical (unpaired) electrons. The van der Waals surface area contributed by atoms with Crippen LogP contribution in [0, 0.1) is 11.6 Å². The van der Waals surface area contributed by atoms with Crippen LogP contribution in [0.4, 0.5) is 27.6 Å². The average Bonchev–Trinajstić information content (AvgIpc) is 2.84. The molecular weight excluding hydrogens is 519 g/mol. The van der Waals surface area contributed by atoms with Gasteiger partial charge in [-0.25, -0.2) is 17.2 Å². The Bertz CT molecular complexity index is 1420. The molecule has 1 aliphatic heterocycles. The lowest BCUT2D eigenvalue weighted by atomic mass is 10.1. The molecule has 4 rings (SSSR count). The van der Waals surface area contributed by atoms with E-state index < -0.39 is 39.1 Å². The smallest absolute Gasteiger partial charge is 0.416 e. The molecule has 1 amide bonds. The van der Waals surface area contributed by atoms with Crippen LogP contribution in [0.1, 0.15) is 15.9 Å². The first-order valence-electron chi connectivity index (χ1n) is 11.0. The van der Waals surface area contributed by atoms with E-state index >= 15 is 0 Å². The summed E-state index contributed by atoms with van der Waals surface area (Å²) in [4.78, 5) is 16.2. The fourth-order valence-corrected chi connectivity index (χ4v) is 4.53. The minimum absolute atomic E-state index is 0.0143. The third kappa shape index (κ3) is 6.01. The molecule has 3 aromatic rings. The van der Waals surface area contributed by atoms with Crippen molar-refractivity contribution in [2.45, 2.75) is 11.1 Å². The Morgan fingerprint density at radius 1 is 0.892 bits per heavy atom. The van der Waals surface area contributed by atoms with Crippen LogP contribution in [-0.2, 0) is 16.0 Å². The number of nitrogens with zero attached hydrogens (tertiary/aromatic N) is 2. The zero-order valence-electron chi connectivity index (χ0n) is 19.4. The normalized spacial score (nSPS) is 14.5. The summed E-state index contributed by atoms with van der Waals surface area (Å²) in [5.74, 6) is -1.77. The van der Waals surface area contributed by atoms with Crippen LogP contribution in [0.2, 0.25) is 0 Å². The number of sulfone groups is 1. The Hall–Kier alpha value is -3.67. The van der Waals surface area contributed by atoms with E-state index in [9.17, 15) is 35.2 Å². The van der Waals surface area contributed by atoms with Gasteiger partial charge >= 0.3 is 6.18 Å². The van der Waals surface area contributed by atoms with Crippen molar-refractivity contribution < 1.29 is 39.9 Å². The lowest BCUT2D eigenvalue weighted by Crippen LogP contribution is -2.49. The summed E-state index contributed by atoms with van der Waals surface area (Å²) in [5, 5.41) is 0. The average molecular weight is 541 g/mol. The molecule has 0 unspecified atom stereocenters. The van der Waals surface area contributed by atoms with Gasteiger partial charge in [0, 0.05) is 32.4 Å². The van der Waals surface area contributed by atoms with Crippen molar-refractivity contribution in [1.29, 1.82) is 0 Å². The zero-order chi connectivity index (χ0) is 27.0. The Balaban J connectivity index is 1.55. The second kappa shape index (κ2) is 10.0. The predicted octanol–water partition coefficient (Wildman–Crippen LogP) is 5.14. The van der Waals surface area contributed by atoms with Gasteiger partial charge in [0.1, 0.15) is 23.1 Å². The van der Waals surface area contributed by atoms with Gasteiger partial charge in [0.25, 0.3) is 5.91 Å². The van der Waals surface area contributed by atoms with E-state index in [0.29, 0.717) is 6.07 Å². The monoisotopic (exact) mass is 540 g/mol. The molecular formula is C25H21F5N2O4S. The van der Waals surface area contributed by atoms with Gasteiger partial charge in [0.15, 0.2) is 9.84 Å². The van der Waals surface area contributed by atoms with Crippen molar-refractivity contribution in [2.24, 2.45) is 0 Å². The molecule has 12 heteroatoms. The highest BCUT2D eigenvalue weighted by Crippen LogP contribution is 2.33. The minimum Gasteiger partial charge on any atom is -0.457 e. The summed E-state index contributed by atoms with van der Waals surface area (Å²) in [6, 6.07) is 11.1. The maximum atomic E-state index is 14.4. The summed E-state index contributed by atoms with van der Waals surface area (Å²) >= 11 is 0. The van der Waals surface area contributed by atoms with E-state index in [1.54, 1.807) is 0 Å². The molecule has 0 bridgehead atoms. The fraction of sp³-hybridized carbons (Fsp3) is 0.240. The Labute approximate surface area is 209 Å². The molecule has 37 heavy (non-hydrogen) atoms. The highest BCUT2D eigenvalue weighted by molar-refractivity contribution is 7.90. The van der Waals surface area contributed by atoms with Crippen LogP contribution < -0.4 is 9.64 Å². The number of ether oxygens (including phenoxy) is 1. The SMILES string of the molecule is CS(=O)(=O)c1ccc(Oc2ccc(F)cc2)c(C(=O)N2CCN(c3ccc(C(F)(F)F)cc3F)CC2)c1. The van der Waals surface area contributed by atoms with Gasteiger partial charge in [-0.15, -0.1) is 0 Å². The van der Waals surface area contributed by atoms with Crippen molar-refractivity contribution >= 4 is 21.4 Å². The molecule has 1 heterocycles. The first kappa shape index (κ1) is 26.4. The molecule has 1 saturated heterocycles. The van der Waals surface area contributed by atoms with E-state index in [4.69, 9.17) is 4.74 Å². The van der Waals surface area contributed by atoms with Crippen molar-refractivity contribution in [3.63, 3.8) is 0 Å². The van der Waals surface area contributed by atoms with Crippen LogP contribution >= 0.6 is 0 Å². The molecule has 1 aliphatic rings. The molecule has 0 spiro atoms. The summed E-state index contributed by atoms with van der Waals surface area (Å²) in [6.45, 7) is 0.457. The van der Waals surface area contributed by atoms with Crippen LogP contribution in [0.15, 0.2) is 65.6 Å². The number of carbonyl (C=O) groups excluding carboxylic acids is 1. The van der Waals surface area contributed by atoms with Crippen LogP contribution in [0.25, 0.3) is 0 Å². The first-order chi connectivity index (χ1) is 17.3. The number of amides is 1. The number of hydrogen-bond donors (Lipinski definition) is 0. The summed E-state index contributed by atoms with van der Waals surface area (Å²) in [5.41, 5.74) is -1.15. The van der Waals surface area contributed by atoms with Crippen molar-refractivity contribution in [3.05, 3.63) is 83.4 Å². The third-order valence-electron chi connectivity index (χ3n) is 5.83. The van der Waals surface area contributed by atoms with Gasteiger partial charge < -0.3 is 14.5 Å². The van der Waals surface area contributed by atoms with Gasteiger partial charge in [0.05, 0.1) is 21.7 Å². The lowest BCUT2D eigenvalue weighted by molar-refractivity contribution is -0.137. The third-order valence-corrected chi connectivity index (χ3v) is 6.94. The maximum absolute atomic E-state index is 14.4. The van der Waals surface area contributed by atoms with Gasteiger partial charge in [0.2, 0.25) is 0 Å². The molecule has 0 N–H and O–H groups in total. The van der Waals surface area contributed by atoms with Crippen molar-refractivity contribution in [2.75, 3.05) is 37.3 Å². The Morgan fingerprint density at radius 3 is 2.11 bits per heavy atom. The molecule has 0 aromatic heterocycles. The van der Waals surface area contributed by atoms with Crippen LogP contribution in [-0.4, -0.2) is 51.7 Å². The number of carbonyl (C=O) groups is 1. The molecule has 196 valence electrons. The fourth-order valence-electron chi connectivity index (χ4n) is 3.89. The largest absolute Gasteiger partial charge is 0.457 e. The van der Waals surface area contributed by atoms with E-state index in [1.807, 2.05) is 0 Å². The Kier molecular flexibility index (Phi) is 7.13. The number of hydrogen-bond acceptors (Lipinski definition) is 5. The molecule has 0 atom stereocenters. The highest BCUT2D eigenvalue weighted by Gasteiger charge is 2.32. The molecule has 3 aromatic carbocycles. The summed E-state index contributed by atoms with van der Waals surface area (Å²) in [6.07, 6.45) is -3.67. The van der Waals surface area contributed by atoms with E-state index in [-0.39, 0.29) is 53.8 Å². The first-order valence-corrected chi connectivity index (χ1v) is 12.9. The summed E-state index contributed by atoms with van der Waals surface area (Å²) < 4.78 is 96.1. The summed E-state index contributed by atoms with van der Waals surface area (Å²) in [7, 11) is -3.65. The van der Waals surface area contributed by atoms with E-state index in [2.05, 4.69) is 0 Å². The standard InChI is InChI=1S/C25H21F5N2O4S/c1-37(34,35)19-7-9-23(36-18-5-3-17(26)4-6-18)20(15-19)24(33)32-12-10-31(11-13-32)22-8-2-16(14-21(22)27)25(28,29)30/h2-9,14-15H,10-13H2,1H3. The van der Waals surface area contributed by atoms with Gasteiger partial charge in [-0.1, -0.05) is 0 Å². The number of halogens is 5. The number of alkyl halides is 3. The highest BCUT2D eigenvalue weighted by atomic mass is 32.2. The quantitative estimate of drug-likeness (QED) is 0.420. The molecule has 6 nitrogen and oxygen atoms in total. The molecule has 1 fully saturated rings. The number of piperazine rings is 1. The maximum Gasteiger partial charge on any atom is 0.416 e. The lowest BCUT2D eigenvalue weighted by Gasteiger charge is -2.36. The molecule has 0 saturated carbocycles. The molecule has 0 aliphatic carbocycles. The Morgan fingerprint density at radius 2 is 1.54 bits per heavy atom.